The van der Waals surface area contributed by atoms with E-state index < -0.39 is 0 Å². The van der Waals surface area contributed by atoms with E-state index >= 15 is 0 Å². The first kappa shape index (κ1) is 18.1. The normalized spacial score (nSPS) is 14.8. The lowest BCUT2D eigenvalue weighted by molar-refractivity contribution is 0.0596. The maximum absolute atomic E-state index is 12.9. The molecule has 5 heteroatoms. The van der Waals surface area contributed by atoms with Crippen LogP contribution in [0.25, 0.3) is 0 Å². The predicted octanol–water partition coefficient (Wildman–Crippen LogP) is 3.44. The molecule has 0 bridgehead atoms. The number of carbonyl (C=O) groups is 1. The molecule has 138 valence electrons. The third-order valence-electron chi connectivity index (χ3n) is 4.71. The Hall–Kier alpha value is -2.69. The second-order valence-corrected chi connectivity index (χ2v) is 6.70. The summed E-state index contributed by atoms with van der Waals surface area (Å²) in [6.07, 6.45) is 1.81. The van der Waals surface area contributed by atoms with Gasteiger partial charge in [0, 0.05) is 45.7 Å². The Labute approximate surface area is 155 Å². The monoisotopic (exact) mass is 354 g/mol. The number of likely N-dealkylation sites (tertiary alicyclic amines) is 1. The van der Waals surface area contributed by atoms with Crippen molar-refractivity contribution in [2.75, 3.05) is 39.2 Å². The van der Waals surface area contributed by atoms with Crippen molar-refractivity contribution in [2.24, 2.45) is 0 Å². The molecule has 2 aromatic carbocycles. The zero-order valence-electron chi connectivity index (χ0n) is 15.6. The first-order valence-electron chi connectivity index (χ1n) is 8.95. The van der Waals surface area contributed by atoms with Crippen LogP contribution in [0, 0.1) is 0 Å². The summed E-state index contributed by atoms with van der Waals surface area (Å²) in [6.45, 7) is 1.42. The molecule has 0 radical (unpaired) electrons. The van der Waals surface area contributed by atoms with Crippen LogP contribution in [0.1, 0.15) is 23.2 Å². The highest BCUT2D eigenvalue weighted by Gasteiger charge is 2.26. The van der Waals surface area contributed by atoms with E-state index in [-0.39, 0.29) is 12.0 Å². The van der Waals surface area contributed by atoms with Gasteiger partial charge in [0.15, 0.2) is 0 Å². The van der Waals surface area contributed by atoms with Crippen LogP contribution in [0.15, 0.2) is 48.5 Å². The predicted molar refractivity (Wildman–Crippen MR) is 103 cm³/mol. The summed E-state index contributed by atoms with van der Waals surface area (Å²) in [7, 11) is 5.57. The lowest BCUT2D eigenvalue weighted by atomic mass is 10.0. The van der Waals surface area contributed by atoms with Crippen molar-refractivity contribution < 1.29 is 14.3 Å². The van der Waals surface area contributed by atoms with E-state index in [0.717, 1.165) is 35.6 Å². The minimum Gasteiger partial charge on any atom is -0.497 e. The van der Waals surface area contributed by atoms with Crippen LogP contribution in [0.4, 0.5) is 5.69 Å². The molecule has 1 heterocycles. The average Bonchev–Trinajstić information content (AvgIpc) is 2.68. The van der Waals surface area contributed by atoms with E-state index in [2.05, 4.69) is 0 Å². The minimum absolute atomic E-state index is 0.0946. The van der Waals surface area contributed by atoms with Gasteiger partial charge in [0.05, 0.1) is 12.7 Å². The Bertz CT molecular complexity index is 735. The molecule has 0 aromatic heterocycles. The first-order valence-corrected chi connectivity index (χ1v) is 8.95. The van der Waals surface area contributed by atoms with Gasteiger partial charge in [-0.25, -0.2) is 0 Å². The summed E-state index contributed by atoms with van der Waals surface area (Å²) in [5.41, 5.74) is 1.71. The Balaban J connectivity index is 1.59. The number of anilines is 1. The van der Waals surface area contributed by atoms with Crippen molar-refractivity contribution in [3.63, 3.8) is 0 Å². The van der Waals surface area contributed by atoms with Gasteiger partial charge in [0.2, 0.25) is 0 Å². The number of ether oxygens (including phenoxy) is 2. The van der Waals surface area contributed by atoms with E-state index in [4.69, 9.17) is 9.47 Å². The lowest BCUT2D eigenvalue weighted by Crippen LogP contribution is -2.42. The summed E-state index contributed by atoms with van der Waals surface area (Å²) < 4.78 is 11.2. The molecule has 0 spiro atoms. The van der Waals surface area contributed by atoms with Crippen molar-refractivity contribution in [3.8, 4) is 11.5 Å². The fourth-order valence-electron chi connectivity index (χ4n) is 3.24. The number of piperidine rings is 1. The van der Waals surface area contributed by atoms with E-state index in [1.54, 1.807) is 7.11 Å². The summed E-state index contributed by atoms with van der Waals surface area (Å²) >= 11 is 0. The molecule has 1 saturated heterocycles. The third-order valence-corrected chi connectivity index (χ3v) is 4.71. The van der Waals surface area contributed by atoms with Gasteiger partial charge in [0.25, 0.3) is 5.91 Å². The largest absolute Gasteiger partial charge is 0.497 e. The van der Waals surface area contributed by atoms with E-state index in [1.165, 1.54) is 0 Å². The molecule has 1 amide bonds. The van der Waals surface area contributed by atoms with Crippen molar-refractivity contribution >= 4 is 11.6 Å². The van der Waals surface area contributed by atoms with Gasteiger partial charge >= 0.3 is 0 Å². The molecular formula is C21H26N2O3. The van der Waals surface area contributed by atoms with E-state index in [1.807, 2.05) is 72.4 Å². The van der Waals surface area contributed by atoms with Crippen LogP contribution in [-0.4, -0.2) is 51.2 Å². The molecule has 0 aliphatic carbocycles. The van der Waals surface area contributed by atoms with Crippen molar-refractivity contribution in [2.45, 2.75) is 18.9 Å². The Morgan fingerprint density at radius 3 is 2.23 bits per heavy atom. The molecule has 1 aliphatic rings. The molecule has 0 N–H and O–H groups in total. The molecule has 26 heavy (non-hydrogen) atoms. The zero-order valence-corrected chi connectivity index (χ0v) is 15.6. The lowest BCUT2D eigenvalue weighted by Gasteiger charge is -2.33. The number of rotatable bonds is 5. The Kier molecular flexibility index (Phi) is 5.66. The van der Waals surface area contributed by atoms with Crippen LogP contribution in [0.5, 0.6) is 11.5 Å². The van der Waals surface area contributed by atoms with Gasteiger partial charge in [-0.3, -0.25) is 4.79 Å². The molecule has 5 nitrogen and oxygen atoms in total. The van der Waals surface area contributed by atoms with Gasteiger partial charge in [-0.2, -0.15) is 0 Å². The quantitative estimate of drug-likeness (QED) is 0.825. The number of hydrogen-bond acceptors (Lipinski definition) is 4. The SMILES string of the molecule is COc1ccc(OC2CCN(C(=O)c3ccccc3N(C)C)CC2)cc1. The molecule has 0 unspecified atom stereocenters. The van der Waals surface area contributed by atoms with Crippen molar-refractivity contribution in [1.82, 2.24) is 4.90 Å². The molecule has 1 fully saturated rings. The number of nitrogens with zero attached hydrogens (tertiary/aromatic N) is 2. The minimum atomic E-state index is 0.0946. The smallest absolute Gasteiger partial charge is 0.255 e. The molecule has 0 atom stereocenters. The molecule has 3 rings (SSSR count). The van der Waals surface area contributed by atoms with Gasteiger partial charge < -0.3 is 19.3 Å². The number of para-hydroxylation sites is 1. The highest BCUT2D eigenvalue weighted by atomic mass is 16.5. The molecule has 0 saturated carbocycles. The van der Waals surface area contributed by atoms with Crippen LogP contribution < -0.4 is 14.4 Å². The van der Waals surface area contributed by atoms with E-state index in [9.17, 15) is 4.79 Å². The Morgan fingerprint density at radius 1 is 1.00 bits per heavy atom. The fraction of sp³-hybridized carbons (Fsp3) is 0.381. The standard InChI is InChI=1S/C21H26N2O3/c1-22(2)20-7-5-4-6-19(20)21(24)23-14-12-18(13-15-23)26-17-10-8-16(25-3)9-11-17/h4-11,18H,12-15H2,1-3H3. The topological polar surface area (TPSA) is 42.0 Å². The van der Waals surface area contributed by atoms with Crippen molar-refractivity contribution in [3.05, 3.63) is 54.1 Å². The van der Waals surface area contributed by atoms with Gasteiger partial charge in [-0.1, -0.05) is 12.1 Å². The van der Waals surface area contributed by atoms with Crippen molar-refractivity contribution in [1.29, 1.82) is 0 Å². The number of amides is 1. The second-order valence-electron chi connectivity index (χ2n) is 6.70. The van der Waals surface area contributed by atoms with Crippen LogP contribution in [0.2, 0.25) is 0 Å². The van der Waals surface area contributed by atoms with Crippen LogP contribution in [0.3, 0.4) is 0 Å². The van der Waals surface area contributed by atoms with Crippen LogP contribution in [-0.2, 0) is 0 Å². The van der Waals surface area contributed by atoms with Gasteiger partial charge in [-0.15, -0.1) is 0 Å². The Morgan fingerprint density at radius 2 is 1.62 bits per heavy atom. The number of carbonyl (C=O) groups excluding carboxylic acids is 1. The fourth-order valence-corrected chi connectivity index (χ4v) is 3.24. The number of benzene rings is 2. The van der Waals surface area contributed by atoms with Gasteiger partial charge in [-0.05, 0) is 36.4 Å². The second kappa shape index (κ2) is 8.13. The first-order chi connectivity index (χ1) is 12.6. The molecular weight excluding hydrogens is 328 g/mol. The summed E-state index contributed by atoms with van der Waals surface area (Å²) in [5, 5.41) is 0. The average molecular weight is 354 g/mol. The maximum atomic E-state index is 12.9. The number of hydrogen-bond donors (Lipinski definition) is 0. The highest BCUT2D eigenvalue weighted by molar-refractivity contribution is 5.99. The number of methoxy groups -OCH3 is 1. The van der Waals surface area contributed by atoms with Crippen LogP contribution >= 0.6 is 0 Å². The van der Waals surface area contributed by atoms with E-state index in [0.29, 0.717) is 13.1 Å². The molecule has 2 aromatic rings. The summed E-state index contributed by atoms with van der Waals surface area (Å²) in [5.74, 6) is 1.75. The van der Waals surface area contributed by atoms with Gasteiger partial charge in [0.1, 0.15) is 17.6 Å². The summed E-state index contributed by atoms with van der Waals surface area (Å²) in [4.78, 5) is 16.8. The molecule has 1 aliphatic heterocycles. The zero-order chi connectivity index (χ0) is 18.5. The maximum Gasteiger partial charge on any atom is 0.255 e. The highest BCUT2D eigenvalue weighted by Crippen LogP contribution is 2.24. The third kappa shape index (κ3) is 4.10. The summed E-state index contributed by atoms with van der Waals surface area (Å²) in [6, 6.07) is 15.4.